The van der Waals surface area contributed by atoms with E-state index in [-0.39, 0.29) is 6.61 Å². The molecule has 1 aliphatic heterocycles. The second-order valence-electron chi connectivity index (χ2n) is 5.47. The molecule has 0 spiro atoms. The lowest BCUT2D eigenvalue weighted by atomic mass is 9.92. The lowest BCUT2D eigenvalue weighted by Crippen LogP contribution is -2.42. The second-order valence-corrected chi connectivity index (χ2v) is 6.53. The molecule has 2 aliphatic rings. The van der Waals surface area contributed by atoms with Crippen molar-refractivity contribution in [3.8, 4) is 0 Å². The second kappa shape index (κ2) is 5.17. The number of nitrogens with zero attached hydrogens (tertiary/aromatic N) is 2. The average molecular weight is 266 g/mol. The highest BCUT2D eigenvalue weighted by atomic mass is 32.1. The van der Waals surface area contributed by atoms with Gasteiger partial charge in [0.2, 0.25) is 0 Å². The van der Waals surface area contributed by atoms with E-state index in [1.165, 1.54) is 32.1 Å². The number of aliphatic hydroxyl groups excluding tert-OH is 1. The molecule has 2 heterocycles. The number of piperidine rings is 1. The highest BCUT2D eigenvalue weighted by molar-refractivity contribution is 7.15. The molecule has 1 aliphatic carbocycles. The predicted molar refractivity (Wildman–Crippen MR) is 75.1 cm³/mol. The van der Waals surface area contributed by atoms with Gasteiger partial charge in [-0.15, -0.1) is 0 Å². The molecule has 2 atom stereocenters. The lowest BCUT2D eigenvalue weighted by molar-refractivity contribution is 0.284. The minimum Gasteiger partial charge on any atom is -0.391 e. The SMILES string of the molecule is CCc1nc(N2CCCC3CCCC32)sc1CO. The Labute approximate surface area is 113 Å². The van der Waals surface area contributed by atoms with Gasteiger partial charge in [-0.25, -0.2) is 4.98 Å². The van der Waals surface area contributed by atoms with Crippen molar-refractivity contribution in [2.45, 2.75) is 58.1 Å². The summed E-state index contributed by atoms with van der Waals surface area (Å²) >= 11 is 1.70. The van der Waals surface area contributed by atoms with Crippen LogP contribution in [0.2, 0.25) is 0 Å². The quantitative estimate of drug-likeness (QED) is 0.913. The predicted octanol–water partition coefficient (Wildman–Crippen LogP) is 2.97. The molecule has 1 aromatic heterocycles. The molecule has 2 fully saturated rings. The number of fused-ring (bicyclic) bond motifs is 1. The number of hydrogen-bond acceptors (Lipinski definition) is 4. The Morgan fingerprint density at radius 1 is 1.33 bits per heavy atom. The van der Waals surface area contributed by atoms with Gasteiger partial charge < -0.3 is 10.0 Å². The number of aromatic nitrogens is 1. The molecular weight excluding hydrogens is 244 g/mol. The summed E-state index contributed by atoms with van der Waals surface area (Å²) in [6, 6.07) is 0.723. The summed E-state index contributed by atoms with van der Waals surface area (Å²) in [5.41, 5.74) is 1.10. The first-order valence-corrected chi connectivity index (χ1v) is 8.01. The van der Waals surface area contributed by atoms with E-state index in [2.05, 4.69) is 11.8 Å². The summed E-state index contributed by atoms with van der Waals surface area (Å²) < 4.78 is 0. The van der Waals surface area contributed by atoms with Crippen LogP contribution in [0.15, 0.2) is 0 Å². The third-order valence-electron chi connectivity index (χ3n) is 4.48. The summed E-state index contributed by atoms with van der Waals surface area (Å²) in [7, 11) is 0. The van der Waals surface area contributed by atoms with Crippen molar-refractivity contribution in [2.24, 2.45) is 5.92 Å². The van der Waals surface area contributed by atoms with Crippen LogP contribution in [-0.4, -0.2) is 22.7 Å². The third kappa shape index (κ3) is 2.05. The molecule has 1 saturated heterocycles. The van der Waals surface area contributed by atoms with Crippen molar-refractivity contribution in [1.82, 2.24) is 4.98 Å². The van der Waals surface area contributed by atoms with Gasteiger partial charge in [-0.3, -0.25) is 0 Å². The van der Waals surface area contributed by atoms with Crippen molar-refractivity contribution in [1.29, 1.82) is 0 Å². The maximum atomic E-state index is 9.40. The van der Waals surface area contributed by atoms with Crippen LogP contribution in [0.3, 0.4) is 0 Å². The first kappa shape index (κ1) is 12.4. The summed E-state index contributed by atoms with van der Waals surface area (Å²) in [5, 5.41) is 10.6. The molecule has 4 heteroatoms. The zero-order valence-corrected chi connectivity index (χ0v) is 11.9. The van der Waals surface area contributed by atoms with Gasteiger partial charge in [0.25, 0.3) is 0 Å². The monoisotopic (exact) mass is 266 g/mol. The van der Waals surface area contributed by atoms with Crippen molar-refractivity contribution in [3.05, 3.63) is 10.6 Å². The lowest BCUT2D eigenvalue weighted by Gasteiger charge is -2.37. The maximum absolute atomic E-state index is 9.40. The largest absolute Gasteiger partial charge is 0.391 e. The molecule has 1 saturated carbocycles. The van der Waals surface area contributed by atoms with Gasteiger partial charge in [0.05, 0.1) is 17.2 Å². The van der Waals surface area contributed by atoms with Crippen LogP contribution in [0.25, 0.3) is 0 Å². The topological polar surface area (TPSA) is 36.4 Å². The van der Waals surface area contributed by atoms with Crippen LogP contribution in [0.4, 0.5) is 5.13 Å². The first-order chi connectivity index (χ1) is 8.83. The Balaban J connectivity index is 1.86. The number of anilines is 1. The molecule has 0 aromatic carbocycles. The Morgan fingerprint density at radius 3 is 2.89 bits per heavy atom. The highest BCUT2D eigenvalue weighted by Gasteiger charge is 2.36. The molecule has 3 nitrogen and oxygen atoms in total. The molecule has 100 valence electrons. The zero-order valence-electron chi connectivity index (χ0n) is 11.1. The van der Waals surface area contributed by atoms with Gasteiger partial charge in [-0.2, -0.15) is 0 Å². The van der Waals surface area contributed by atoms with E-state index >= 15 is 0 Å². The van der Waals surface area contributed by atoms with Crippen molar-refractivity contribution >= 4 is 16.5 Å². The van der Waals surface area contributed by atoms with Crippen LogP contribution >= 0.6 is 11.3 Å². The van der Waals surface area contributed by atoms with Gasteiger partial charge in [-0.05, 0) is 38.0 Å². The van der Waals surface area contributed by atoms with E-state index in [1.807, 2.05) is 0 Å². The Morgan fingerprint density at radius 2 is 2.17 bits per heavy atom. The molecule has 0 amide bonds. The number of aliphatic hydroxyl groups is 1. The number of thiazole rings is 1. The molecule has 1 N–H and O–H groups in total. The first-order valence-electron chi connectivity index (χ1n) is 7.19. The summed E-state index contributed by atoms with van der Waals surface area (Å²) in [6.07, 6.45) is 7.75. The van der Waals surface area contributed by atoms with E-state index in [9.17, 15) is 5.11 Å². The Kier molecular flexibility index (Phi) is 3.57. The molecule has 0 radical (unpaired) electrons. The van der Waals surface area contributed by atoms with Crippen LogP contribution in [0, 0.1) is 5.92 Å². The fraction of sp³-hybridized carbons (Fsp3) is 0.786. The van der Waals surface area contributed by atoms with Gasteiger partial charge in [0.15, 0.2) is 5.13 Å². The number of rotatable bonds is 3. The van der Waals surface area contributed by atoms with Crippen molar-refractivity contribution in [2.75, 3.05) is 11.4 Å². The Bertz CT molecular complexity index is 396. The fourth-order valence-electron chi connectivity index (χ4n) is 3.58. The smallest absolute Gasteiger partial charge is 0.186 e. The van der Waals surface area contributed by atoms with Crippen LogP contribution < -0.4 is 4.90 Å². The molecule has 0 bridgehead atoms. The van der Waals surface area contributed by atoms with E-state index in [4.69, 9.17) is 4.98 Å². The van der Waals surface area contributed by atoms with Gasteiger partial charge in [-0.1, -0.05) is 24.7 Å². The van der Waals surface area contributed by atoms with Crippen LogP contribution in [0.1, 0.15) is 49.6 Å². The van der Waals surface area contributed by atoms with Crippen molar-refractivity contribution < 1.29 is 5.11 Å². The van der Waals surface area contributed by atoms with E-state index in [1.54, 1.807) is 11.3 Å². The maximum Gasteiger partial charge on any atom is 0.186 e. The van der Waals surface area contributed by atoms with Crippen molar-refractivity contribution in [3.63, 3.8) is 0 Å². The summed E-state index contributed by atoms with van der Waals surface area (Å²) in [6.45, 7) is 3.41. The highest BCUT2D eigenvalue weighted by Crippen LogP contribution is 2.40. The van der Waals surface area contributed by atoms with Gasteiger partial charge in [0.1, 0.15) is 0 Å². The van der Waals surface area contributed by atoms with E-state index in [0.717, 1.165) is 40.6 Å². The molecule has 1 aromatic rings. The normalized spacial score (nSPS) is 27.6. The fourth-order valence-corrected chi connectivity index (χ4v) is 4.68. The standard InChI is InChI=1S/C14H22N2OS/c1-2-11-13(9-17)18-14(15-11)16-8-4-6-10-5-3-7-12(10)16/h10,12,17H,2-9H2,1H3. The molecule has 2 unspecified atom stereocenters. The Hall–Kier alpha value is -0.610. The minimum absolute atomic E-state index is 0.142. The number of hydrogen-bond donors (Lipinski definition) is 1. The van der Waals surface area contributed by atoms with Gasteiger partial charge >= 0.3 is 0 Å². The third-order valence-corrected chi connectivity index (χ3v) is 5.60. The number of aryl methyl sites for hydroxylation is 1. The van der Waals surface area contributed by atoms with Gasteiger partial charge in [0, 0.05) is 12.6 Å². The summed E-state index contributed by atoms with van der Waals surface area (Å²) in [4.78, 5) is 8.36. The van der Waals surface area contributed by atoms with E-state index < -0.39 is 0 Å². The minimum atomic E-state index is 0.142. The average Bonchev–Trinajstić information content (AvgIpc) is 3.04. The van der Waals surface area contributed by atoms with Crippen LogP contribution in [-0.2, 0) is 13.0 Å². The molecular formula is C14H22N2OS. The molecule has 18 heavy (non-hydrogen) atoms. The summed E-state index contributed by atoms with van der Waals surface area (Å²) in [5.74, 6) is 0.894. The van der Waals surface area contributed by atoms with Crippen LogP contribution in [0.5, 0.6) is 0 Å². The van der Waals surface area contributed by atoms with E-state index in [0.29, 0.717) is 0 Å². The molecule has 3 rings (SSSR count). The zero-order chi connectivity index (χ0) is 12.5.